The van der Waals surface area contributed by atoms with E-state index >= 15 is 0 Å². The first-order chi connectivity index (χ1) is 7.58. The number of hydrogen-bond acceptors (Lipinski definition) is 2. The molecule has 0 spiro atoms. The lowest BCUT2D eigenvalue weighted by molar-refractivity contribution is 0.0337. The molecule has 0 heterocycles. The fourth-order valence-corrected chi connectivity index (χ4v) is 4.19. The molecule has 1 aliphatic rings. The van der Waals surface area contributed by atoms with Crippen molar-refractivity contribution in [3.05, 3.63) is 0 Å². The van der Waals surface area contributed by atoms with Crippen molar-refractivity contribution in [3.63, 3.8) is 0 Å². The molecular weight excluding hydrogens is 226 g/mol. The van der Waals surface area contributed by atoms with E-state index in [1.54, 1.807) is 0 Å². The van der Waals surface area contributed by atoms with Crippen LogP contribution in [0.25, 0.3) is 0 Å². The highest BCUT2D eigenvalue weighted by molar-refractivity contribution is 6.69. The first kappa shape index (κ1) is 14.7. The normalized spacial score (nSPS) is 31.0. The lowest BCUT2D eigenvalue weighted by atomic mass is 9.69. The quantitative estimate of drug-likeness (QED) is 0.686. The molecule has 2 nitrogen and oxygen atoms in total. The molecule has 1 saturated carbocycles. The van der Waals surface area contributed by atoms with Crippen LogP contribution < -0.4 is 0 Å². The third-order valence-electron chi connectivity index (χ3n) is 3.72. The summed E-state index contributed by atoms with van der Waals surface area (Å²) < 4.78 is 6.15. The topological polar surface area (TPSA) is 33.0 Å². The van der Waals surface area contributed by atoms with Crippen molar-refractivity contribution in [2.45, 2.75) is 71.7 Å². The largest absolute Gasteiger partial charge is 0.400 e. The van der Waals surface area contributed by atoms with E-state index in [2.05, 4.69) is 46.5 Å². The maximum Gasteiger partial charge on any atom is 0.185 e. The summed E-state index contributed by atoms with van der Waals surface area (Å²) >= 11 is 0. The van der Waals surface area contributed by atoms with Crippen LogP contribution in [0.4, 0.5) is 0 Å². The molecule has 0 aliphatic heterocycles. The van der Waals surface area contributed by atoms with Crippen LogP contribution in [0.5, 0.6) is 0 Å². The van der Waals surface area contributed by atoms with E-state index < -0.39 is 13.9 Å². The van der Waals surface area contributed by atoms with Gasteiger partial charge in [-0.25, -0.2) is 0 Å². The summed E-state index contributed by atoms with van der Waals surface area (Å²) in [4.78, 5) is 0. The minimum Gasteiger partial charge on any atom is -0.400 e. The smallest absolute Gasteiger partial charge is 0.185 e. The molecule has 3 heteroatoms. The summed E-state index contributed by atoms with van der Waals surface area (Å²) in [5.41, 5.74) is -0.118. The van der Waals surface area contributed by atoms with Gasteiger partial charge in [-0.3, -0.25) is 0 Å². The van der Waals surface area contributed by atoms with Crippen molar-refractivity contribution in [2.75, 3.05) is 0 Å². The molecule has 0 atom stereocenters. The molecule has 0 aromatic heterocycles. The fraction of sp³-hybridized carbons (Fsp3) is 0.929. The predicted octanol–water partition coefficient (Wildman–Crippen LogP) is 4.34. The first-order valence-corrected chi connectivity index (χ1v) is 10.1. The highest BCUT2D eigenvalue weighted by Gasteiger charge is 2.42. The van der Waals surface area contributed by atoms with Crippen molar-refractivity contribution in [2.24, 2.45) is 11.3 Å². The van der Waals surface area contributed by atoms with Gasteiger partial charge in [0.05, 0.1) is 6.07 Å². The van der Waals surface area contributed by atoms with Crippen molar-refractivity contribution in [3.8, 4) is 6.07 Å². The predicted molar refractivity (Wildman–Crippen MR) is 74.2 cm³/mol. The fourth-order valence-electron chi connectivity index (χ4n) is 2.77. The Morgan fingerprint density at radius 1 is 1.18 bits per heavy atom. The standard InChI is InChI=1S/C14H27NOSi/c1-13(2,3)12-7-9-14(11-15,10-8-12)16-17(4,5)6/h12H,7-10H2,1-6H3. The maximum absolute atomic E-state index is 9.44. The molecule has 0 N–H and O–H groups in total. The average Bonchev–Trinajstić information content (AvgIpc) is 2.14. The van der Waals surface area contributed by atoms with E-state index in [0.29, 0.717) is 5.41 Å². The maximum atomic E-state index is 9.44. The molecular formula is C14H27NOSi. The zero-order valence-electron chi connectivity index (χ0n) is 12.3. The molecule has 0 amide bonds. The van der Waals surface area contributed by atoms with Crippen LogP contribution in [0.3, 0.4) is 0 Å². The van der Waals surface area contributed by atoms with E-state index in [9.17, 15) is 5.26 Å². The van der Waals surface area contributed by atoms with E-state index in [0.717, 1.165) is 31.6 Å². The second kappa shape index (κ2) is 4.74. The molecule has 17 heavy (non-hydrogen) atoms. The Morgan fingerprint density at radius 3 is 1.94 bits per heavy atom. The first-order valence-electron chi connectivity index (χ1n) is 6.69. The molecule has 0 unspecified atom stereocenters. The highest BCUT2D eigenvalue weighted by atomic mass is 28.4. The van der Waals surface area contributed by atoms with Gasteiger partial charge in [-0.15, -0.1) is 0 Å². The van der Waals surface area contributed by atoms with Crippen LogP contribution in [0.15, 0.2) is 0 Å². The van der Waals surface area contributed by atoms with Gasteiger partial charge in [0.1, 0.15) is 5.60 Å². The van der Waals surface area contributed by atoms with E-state index in [-0.39, 0.29) is 0 Å². The number of hydrogen-bond donors (Lipinski definition) is 0. The summed E-state index contributed by atoms with van der Waals surface area (Å²) in [7, 11) is -1.63. The lowest BCUT2D eigenvalue weighted by Gasteiger charge is -2.42. The molecule has 0 aromatic rings. The van der Waals surface area contributed by atoms with Crippen molar-refractivity contribution >= 4 is 8.32 Å². The van der Waals surface area contributed by atoms with Crippen LogP contribution in [0.2, 0.25) is 19.6 Å². The molecule has 0 bridgehead atoms. The van der Waals surface area contributed by atoms with Crippen molar-refractivity contribution < 1.29 is 4.43 Å². The Hall–Kier alpha value is -0.333. The number of nitriles is 1. The summed E-state index contributed by atoms with van der Waals surface area (Å²) in [6.07, 6.45) is 4.08. The Bertz CT molecular complexity index is 298. The van der Waals surface area contributed by atoms with Crippen molar-refractivity contribution in [1.29, 1.82) is 5.26 Å². The van der Waals surface area contributed by atoms with Gasteiger partial charge >= 0.3 is 0 Å². The van der Waals surface area contributed by atoms with Crippen LogP contribution in [-0.4, -0.2) is 13.9 Å². The molecule has 0 aromatic carbocycles. The Labute approximate surface area is 107 Å². The van der Waals surface area contributed by atoms with Gasteiger partial charge in [-0.2, -0.15) is 5.26 Å². The summed E-state index contributed by atoms with van der Waals surface area (Å²) in [6, 6.07) is 2.46. The van der Waals surface area contributed by atoms with E-state index in [1.807, 2.05) is 0 Å². The van der Waals surface area contributed by atoms with Crippen LogP contribution in [0, 0.1) is 22.7 Å². The second-order valence-electron chi connectivity index (χ2n) is 7.46. The summed E-state index contributed by atoms with van der Waals surface area (Å²) in [5.74, 6) is 0.731. The highest BCUT2D eigenvalue weighted by Crippen LogP contribution is 2.43. The third kappa shape index (κ3) is 4.12. The third-order valence-corrected chi connectivity index (χ3v) is 4.73. The van der Waals surface area contributed by atoms with Gasteiger partial charge in [0.2, 0.25) is 0 Å². The average molecular weight is 253 g/mol. The second-order valence-corrected chi connectivity index (χ2v) is 11.9. The van der Waals surface area contributed by atoms with Gasteiger partial charge in [0.25, 0.3) is 0 Å². The Kier molecular flexibility index (Phi) is 4.11. The van der Waals surface area contributed by atoms with Crippen molar-refractivity contribution in [1.82, 2.24) is 0 Å². The van der Waals surface area contributed by atoms with Crippen LogP contribution in [0.1, 0.15) is 46.5 Å². The SMILES string of the molecule is CC(C)(C)C1CCC(C#N)(O[Si](C)(C)C)CC1. The van der Waals surface area contributed by atoms with E-state index in [1.165, 1.54) is 0 Å². The molecule has 0 saturated heterocycles. The zero-order chi connectivity index (χ0) is 13.3. The molecule has 1 rings (SSSR count). The monoisotopic (exact) mass is 253 g/mol. The van der Waals surface area contributed by atoms with Crippen LogP contribution >= 0.6 is 0 Å². The summed E-state index contributed by atoms with van der Waals surface area (Å²) in [6.45, 7) is 13.4. The van der Waals surface area contributed by atoms with E-state index in [4.69, 9.17) is 4.43 Å². The van der Waals surface area contributed by atoms with Gasteiger partial charge in [0, 0.05) is 0 Å². The van der Waals surface area contributed by atoms with Gasteiger partial charge in [-0.05, 0) is 56.7 Å². The molecule has 1 aliphatic carbocycles. The minimum absolute atomic E-state index is 0.362. The lowest BCUT2D eigenvalue weighted by Crippen LogP contribution is -2.45. The summed E-state index contributed by atoms with van der Waals surface area (Å²) in [5, 5.41) is 9.44. The number of nitrogens with zero attached hydrogens (tertiary/aromatic N) is 1. The molecule has 0 radical (unpaired) electrons. The van der Waals surface area contributed by atoms with Crippen LogP contribution in [-0.2, 0) is 4.43 Å². The van der Waals surface area contributed by atoms with Gasteiger partial charge < -0.3 is 4.43 Å². The zero-order valence-corrected chi connectivity index (χ0v) is 13.3. The number of rotatable bonds is 2. The minimum atomic E-state index is -1.63. The molecule has 1 fully saturated rings. The van der Waals surface area contributed by atoms with Gasteiger partial charge in [0.15, 0.2) is 8.32 Å². The Morgan fingerprint density at radius 2 is 1.65 bits per heavy atom. The van der Waals surface area contributed by atoms with Gasteiger partial charge in [-0.1, -0.05) is 20.8 Å². The Balaban J connectivity index is 2.68. The molecule has 98 valence electrons.